The van der Waals surface area contributed by atoms with Crippen molar-refractivity contribution in [2.24, 2.45) is 0 Å². The summed E-state index contributed by atoms with van der Waals surface area (Å²) in [7, 11) is 0. The van der Waals surface area contributed by atoms with E-state index in [1.807, 2.05) is 13.8 Å². The van der Waals surface area contributed by atoms with Crippen LogP contribution in [-0.2, 0) is 0 Å². The fourth-order valence-electron chi connectivity index (χ4n) is 1.12. The summed E-state index contributed by atoms with van der Waals surface area (Å²) < 4.78 is 13.1. The standard InChI is InChI=1S/C10H11FO2/c1-6(2)8-5-7(10(12)13)3-4-9(8)11/h3-6H,1-2H3,(H,12,13). The lowest BCUT2D eigenvalue weighted by atomic mass is 10.0. The van der Waals surface area contributed by atoms with E-state index in [0.717, 1.165) is 0 Å². The minimum atomic E-state index is -1.03. The number of hydrogen-bond acceptors (Lipinski definition) is 1. The van der Waals surface area contributed by atoms with Crippen molar-refractivity contribution in [1.29, 1.82) is 0 Å². The number of carbonyl (C=O) groups is 1. The fraction of sp³-hybridized carbons (Fsp3) is 0.300. The normalized spacial score (nSPS) is 10.5. The summed E-state index contributed by atoms with van der Waals surface area (Å²) in [4.78, 5) is 10.6. The summed E-state index contributed by atoms with van der Waals surface area (Å²) in [6, 6.07) is 3.84. The first-order valence-corrected chi connectivity index (χ1v) is 4.05. The maximum atomic E-state index is 13.1. The third kappa shape index (κ3) is 2.05. The number of aromatic carboxylic acids is 1. The minimum Gasteiger partial charge on any atom is -0.478 e. The molecule has 0 atom stereocenters. The second-order valence-electron chi connectivity index (χ2n) is 3.20. The fourth-order valence-corrected chi connectivity index (χ4v) is 1.12. The summed E-state index contributed by atoms with van der Waals surface area (Å²) >= 11 is 0. The molecule has 0 aliphatic carbocycles. The zero-order valence-corrected chi connectivity index (χ0v) is 7.54. The first-order chi connectivity index (χ1) is 6.02. The highest BCUT2D eigenvalue weighted by Gasteiger charge is 2.10. The van der Waals surface area contributed by atoms with Crippen molar-refractivity contribution in [2.75, 3.05) is 0 Å². The molecular weight excluding hydrogens is 171 g/mol. The molecule has 1 rings (SSSR count). The molecule has 0 aliphatic heterocycles. The van der Waals surface area contributed by atoms with Gasteiger partial charge in [-0.15, -0.1) is 0 Å². The van der Waals surface area contributed by atoms with Crippen LogP contribution < -0.4 is 0 Å². The molecule has 0 saturated carbocycles. The van der Waals surface area contributed by atoms with Crippen molar-refractivity contribution in [3.05, 3.63) is 35.1 Å². The Labute approximate surface area is 76.0 Å². The van der Waals surface area contributed by atoms with Gasteiger partial charge in [0.2, 0.25) is 0 Å². The van der Waals surface area contributed by atoms with Crippen LogP contribution in [0.5, 0.6) is 0 Å². The predicted octanol–water partition coefficient (Wildman–Crippen LogP) is 2.65. The average molecular weight is 182 g/mol. The van der Waals surface area contributed by atoms with Crippen LogP contribution in [0.4, 0.5) is 4.39 Å². The molecule has 1 aromatic rings. The first kappa shape index (κ1) is 9.71. The number of carboxylic acids is 1. The van der Waals surface area contributed by atoms with Crippen LogP contribution in [-0.4, -0.2) is 11.1 Å². The first-order valence-electron chi connectivity index (χ1n) is 4.05. The lowest BCUT2D eigenvalue weighted by Crippen LogP contribution is -2.00. The maximum Gasteiger partial charge on any atom is 0.335 e. The van der Waals surface area contributed by atoms with Gasteiger partial charge in [0.05, 0.1) is 5.56 Å². The molecule has 70 valence electrons. The van der Waals surface area contributed by atoms with Gasteiger partial charge >= 0.3 is 5.97 Å². The van der Waals surface area contributed by atoms with Crippen LogP contribution in [0.3, 0.4) is 0 Å². The van der Waals surface area contributed by atoms with Crippen molar-refractivity contribution in [3.8, 4) is 0 Å². The smallest absolute Gasteiger partial charge is 0.335 e. The molecule has 0 radical (unpaired) electrons. The zero-order valence-electron chi connectivity index (χ0n) is 7.54. The molecule has 3 heteroatoms. The predicted molar refractivity (Wildman–Crippen MR) is 47.4 cm³/mol. The second-order valence-corrected chi connectivity index (χ2v) is 3.20. The Morgan fingerprint density at radius 1 is 1.46 bits per heavy atom. The number of rotatable bonds is 2. The van der Waals surface area contributed by atoms with E-state index in [-0.39, 0.29) is 17.3 Å². The van der Waals surface area contributed by atoms with E-state index in [0.29, 0.717) is 5.56 Å². The molecule has 0 saturated heterocycles. The van der Waals surface area contributed by atoms with E-state index >= 15 is 0 Å². The van der Waals surface area contributed by atoms with Gasteiger partial charge in [0.1, 0.15) is 5.82 Å². The molecule has 1 aromatic carbocycles. The van der Waals surface area contributed by atoms with Crippen molar-refractivity contribution < 1.29 is 14.3 Å². The Morgan fingerprint density at radius 2 is 2.08 bits per heavy atom. The van der Waals surface area contributed by atoms with Crippen LogP contribution >= 0.6 is 0 Å². The summed E-state index contributed by atoms with van der Waals surface area (Å²) in [5.41, 5.74) is 0.574. The van der Waals surface area contributed by atoms with Gasteiger partial charge in [0.15, 0.2) is 0 Å². The molecule has 0 fully saturated rings. The summed E-state index contributed by atoms with van der Waals surface area (Å²) in [6.07, 6.45) is 0. The Balaban J connectivity index is 3.19. The van der Waals surface area contributed by atoms with Gasteiger partial charge in [-0.3, -0.25) is 0 Å². The lowest BCUT2D eigenvalue weighted by Gasteiger charge is -2.07. The highest BCUT2D eigenvalue weighted by atomic mass is 19.1. The molecule has 0 amide bonds. The van der Waals surface area contributed by atoms with Crippen molar-refractivity contribution >= 4 is 5.97 Å². The lowest BCUT2D eigenvalue weighted by molar-refractivity contribution is 0.0696. The van der Waals surface area contributed by atoms with Gasteiger partial charge in [0.25, 0.3) is 0 Å². The van der Waals surface area contributed by atoms with Crippen molar-refractivity contribution in [1.82, 2.24) is 0 Å². The SMILES string of the molecule is CC(C)c1cc(C(=O)O)ccc1F. The zero-order chi connectivity index (χ0) is 10.0. The number of hydrogen-bond donors (Lipinski definition) is 1. The summed E-state index contributed by atoms with van der Waals surface area (Å²) in [6.45, 7) is 3.65. The molecule has 0 aromatic heterocycles. The van der Waals surface area contributed by atoms with E-state index in [1.54, 1.807) is 0 Å². The molecule has 1 N–H and O–H groups in total. The molecule has 0 aliphatic rings. The molecule has 13 heavy (non-hydrogen) atoms. The third-order valence-electron chi connectivity index (χ3n) is 1.86. The van der Waals surface area contributed by atoms with Gasteiger partial charge in [-0.25, -0.2) is 9.18 Å². The molecule has 0 heterocycles. The maximum absolute atomic E-state index is 13.1. The van der Waals surface area contributed by atoms with Gasteiger partial charge < -0.3 is 5.11 Å². The van der Waals surface area contributed by atoms with Gasteiger partial charge in [-0.05, 0) is 29.7 Å². The van der Waals surface area contributed by atoms with Crippen molar-refractivity contribution in [2.45, 2.75) is 19.8 Å². The van der Waals surface area contributed by atoms with E-state index in [2.05, 4.69) is 0 Å². The Morgan fingerprint density at radius 3 is 2.54 bits per heavy atom. The van der Waals surface area contributed by atoms with Gasteiger partial charge in [0, 0.05) is 0 Å². The average Bonchev–Trinajstić information content (AvgIpc) is 2.04. The highest BCUT2D eigenvalue weighted by Crippen LogP contribution is 2.19. The number of benzene rings is 1. The van der Waals surface area contributed by atoms with Crippen LogP contribution in [0.1, 0.15) is 35.7 Å². The van der Waals surface area contributed by atoms with E-state index in [9.17, 15) is 9.18 Å². The van der Waals surface area contributed by atoms with Crippen LogP contribution in [0, 0.1) is 5.82 Å². The molecule has 0 spiro atoms. The third-order valence-corrected chi connectivity index (χ3v) is 1.86. The molecule has 0 bridgehead atoms. The molecule has 2 nitrogen and oxygen atoms in total. The summed E-state index contributed by atoms with van der Waals surface area (Å²) in [5, 5.41) is 8.66. The number of halogens is 1. The quantitative estimate of drug-likeness (QED) is 0.763. The van der Waals surface area contributed by atoms with Crippen molar-refractivity contribution in [3.63, 3.8) is 0 Å². The van der Waals surface area contributed by atoms with Gasteiger partial charge in [-0.1, -0.05) is 13.8 Å². The Hall–Kier alpha value is -1.38. The molecule has 0 unspecified atom stereocenters. The summed E-state index contributed by atoms with van der Waals surface area (Å²) in [5.74, 6) is -1.37. The van der Waals surface area contributed by atoms with E-state index < -0.39 is 5.97 Å². The minimum absolute atomic E-state index is 0.000648. The number of carboxylic acid groups (broad SMARTS) is 1. The Kier molecular flexibility index (Phi) is 2.66. The topological polar surface area (TPSA) is 37.3 Å². The van der Waals surface area contributed by atoms with Crippen LogP contribution in [0.15, 0.2) is 18.2 Å². The van der Waals surface area contributed by atoms with Crippen LogP contribution in [0.25, 0.3) is 0 Å². The Bertz CT molecular complexity index is 332. The van der Waals surface area contributed by atoms with Crippen LogP contribution in [0.2, 0.25) is 0 Å². The highest BCUT2D eigenvalue weighted by molar-refractivity contribution is 5.87. The van der Waals surface area contributed by atoms with E-state index in [4.69, 9.17) is 5.11 Å². The monoisotopic (exact) mass is 182 g/mol. The second kappa shape index (κ2) is 3.56. The molecular formula is C10H11FO2. The van der Waals surface area contributed by atoms with E-state index in [1.165, 1.54) is 18.2 Å². The largest absolute Gasteiger partial charge is 0.478 e. The van der Waals surface area contributed by atoms with Gasteiger partial charge in [-0.2, -0.15) is 0 Å².